The molecule has 0 saturated carbocycles. The maximum absolute atomic E-state index is 11.7. The van der Waals surface area contributed by atoms with Gasteiger partial charge < -0.3 is 40.9 Å². The molecule has 0 bridgehead atoms. The van der Waals surface area contributed by atoms with E-state index in [0.717, 1.165) is 31.7 Å². The van der Waals surface area contributed by atoms with Gasteiger partial charge in [0.25, 0.3) is 0 Å². The largest absolute Gasteiger partial charge is 0.479 e. The van der Waals surface area contributed by atoms with Gasteiger partial charge in [0.05, 0.1) is 6.54 Å². The Balaban J connectivity index is 0.000000388. The van der Waals surface area contributed by atoms with Gasteiger partial charge in [-0.25, -0.2) is 9.59 Å². The van der Waals surface area contributed by atoms with Crippen molar-refractivity contribution in [1.29, 1.82) is 0 Å². The zero-order valence-corrected chi connectivity index (χ0v) is 20.4. The second kappa shape index (κ2) is 13.5. The lowest BCUT2D eigenvalue weighted by Gasteiger charge is -2.34. The summed E-state index contributed by atoms with van der Waals surface area (Å²) in [5.41, 5.74) is 10.2. The van der Waals surface area contributed by atoms with E-state index in [0.29, 0.717) is 6.54 Å². The quantitative estimate of drug-likeness (QED) is 0.329. The number of nitrogens with two attached hydrogens (primary N) is 1. The third kappa shape index (κ3) is 8.31. The van der Waals surface area contributed by atoms with E-state index in [1.807, 2.05) is 12.1 Å². The Hall–Kier alpha value is -3.51. The molecule has 1 aliphatic rings. The normalized spacial score (nSPS) is 15.3. The molecule has 1 fully saturated rings. The molecule has 196 valence electrons. The Kier molecular flexibility index (Phi) is 10.8. The summed E-state index contributed by atoms with van der Waals surface area (Å²) in [7, 11) is 3.96. The summed E-state index contributed by atoms with van der Waals surface area (Å²) in [6.07, 6.45) is -4.53. The summed E-state index contributed by atoms with van der Waals surface area (Å²) in [6.45, 7) is 4.99. The van der Waals surface area contributed by atoms with Crippen LogP contribution in [-0.4, -0.2) is 107 Å². The van der Waals surface area contributed by atoms with Gasteiger partial charge in [0.1, 0.15) is 0 Å². The number of carboxylic acid groups (broad SMARTS) is 2. The van der Waals surface area contributed by atoms with Crippen LogP contribution in [0.5, 0.6) is 0 Å². The fourth-order valence-corrected chi connectivity index (χ4v) is 3.57. The van der Waals surface area contributed by atoms with E-state index < -0.39 is 24.1 Å². The number of rotatable bonds is 8. The fraction of sp³-hybridized carbons (Fsp3) is 0.400. The topological polar surface area (TPSA) is 168 Å². The molecule has 3 rings (SSSR count). The van der Waals surface area contributed by atoms with E-state index >= 15 is 0 Å². The highest BCUT2D eigenvalue weighted by atomic mass is 16.4. The van der Waals surface area contributed by atoms with Gasteiger partial charge in [-0.1, -0.05) is 30.3 Å². The third-order valence-electron chi connectivity index (χ3n) is 5.82. The number of aliphatic hydroxyl groups excluding tert-OH is 2. The molecule has 1 heterocycles. The van der Waals surface area contributed by atoms with Crippen molar-refractivity contribution in [3.05, 3.63) is 54.1 Å². The number of aliphatic carboxylic acids is 2. The molecule has 11 nitrogen and oxygen atoms in total. The van der Waals surface area contributed by atoms with Crippen molar-refractivity contribution in [1.82, 2.24) is 9.80 Å². The zero-order chi connectivity index (χ0) is 26.8. The number of nitrogens with zero attached hydrogens (tertiary/aromatic N) is 3. The minimum atomic E-state index is -2.27. The molecule has 1 aliphatic heterocycles. The summed E-state index contributed by atoms with van der Waals surface area (Å²) >= 11 is 0. The van der Waals surface area contributed by atoms with E-state index in [1.54, 1.807) is 11.9 Å². The SMILES string of the molecule is CN1CCN(c2ccc(-c3cccc(CN(C)C(=O)CN)c3)cc2)CC1.O=C(O)[C@H](O)[C@@H](O)C(=O)O. The molecule has 0 spiro atoms. The first-order chi connectivity index (χ1) is 17.0. The summed E-state index contributed by atoms with van der Waals surface area (Å²) in [5, 5.41) is 32.5. The number of carbonyl (C=O) groups excluding carboxylic acids is 1. The maximum atomic E-state index is 11.7. The standard InChI is InChI=1S/C21H28N4O.C4H6O6/c1-23-10-12-25(13-11-23)20-8-6-18(7-9-20)19-5-3-4-17(14-19)16-24(2)21(26)15-22;5-1(3(7)8)2(6)4(9)10/h3-9,14H,10-13,15-16,22H2,1-2H3;1-2,5-6H,(H,7,8)(H,9,10)/t;1-,2-/m.1/s1. The van der Waals surface area contributed by atoms with E-state index in [2.05, 4.69) is 53.2 Å². The van der Waals surface area contributed by atoms with Crippen molar-refractivity contribution >= 4 is 23.5 Å². The number of carbonyl (C=O) groups is 3. The Morgan fingerprint density at radius 1 is 0.917 bits per heavy atom. The number of aliphatic hydroxyl groups is 2. The molecule has 1 amide bonds. The van der Waals surface area contributed by atoms with E-state index in [-0.39, 0.29) is 12.5 Å². The molecule has 0 aromatic heterocycles. The Morgan fingerprint density at radius 3 is 1.97 bits per heavy atom. The number of benzene rings is 2. The molecule has 6 N–H and O–H groups in total. The van der Waals surface area contributed by atoms with Crippen molar-refractivity contribution < 1.29 is 34.8 Å². The van der Waals surface area contributed by atoms with Gasteiger partial charge in [0.15, 0.2) is 12.2 Å². The molecule has 11 heteroatoms. The number of hydrogen-bond acceptors (Lipinski definition) is 8. The highest BCUT2D eigenvalue weighted by Gasteiger charge is 2.29. The van der Waals surface area contributed by atoms with Gasteiger partial charge in [0.2, 0.25) is 5.91 Å². The summed E-state index contributed by atoms with van der Waals surface area (Å²) < 4.78 is 0. The molecule has 2 atom stereocenters. The molecule has 2 aromatic rings. The first-order valence-electron chi connectivity index (χ1n) is 11.4. The molecular formula is C25H34N4O7. The van der Waals surface area contributed by atoms with Crippen LogP contribution in [0.25, 0.3) is 11.1 Å². The number of piperazine rings is 1. The first-order valence-corrected chi connectivity index (χ1v) is 11.4. The smallest absolute Gasteiger partial charge is 0.335 e. The predicted octanol–water partition coefficient (Wildman–Crippen LogP) is -0.100. The number of hydrogen-bond donors (Lipinski definition) is 5. The van der Waals surface area contributed by atoms with Gasteiger partial charge in [-0.3, -0.25) is 4.79 Å². The second-order valence-corrected chi connectivity index (χ2v) is 8.56. The van der Waals surface area contributed by atoms with Crippen LogP contribution in [0.2, 0.25) is 0 Å². The molecule has 36 heavy (non-hydrogen) atoms. The molecule has 1 saturated heterocycles. The van der Waals surface area contributed by atoms with Crippen LogP contribution >= 0.6 is 0 Å². The van der Waals surface area contributed by atoms with Crippen LogP contribution in [0.1, 0.15) is 5.56 Å². The fourth-order valence-electron chi connectivity index (χ4n) is 3.57. The average Bonchev–Trinajstić information content (AvgIpc) is 2.88. The average molecular weight is 503 g/mol. The van der Waals surface area contributed by atoms with Crippen LogP contribution in [0.4, 0.5) is 5.69 Å². The highest BCUT2D eigenvalue weighted by molar-refractivity contribution is 5.83. The van der Waals surface area contributed by atoms with Crippen LogP contribution in [-0.2, 0) is 20.9 Å². The lowest BCUT2D eigenvalue weighted by Crippen LogP contribution is -2.44. The predicted molar refractivity (Wildman–Crippen MR) is 134 cm³/mol. The second-order valence-electron chi connectivity index (χ2n) is 8.56. The molecule has 0 radical (unpaired) electrons. The van der Waals surface area contributed by atoms with Crippen LogP contribution in [0.3, 0.4) is 0 Å². The molecule has 0 aliphatic carbocycles. The monoisotopic (exact) mass is 502 g/mol. The number of anilines is 1. The maximum Gasteiger partial charge on any atom is 0.335 e. The molecule has 0 unspecified atom stereocenters. The van der Waals surface area contributed by atoms with E-state index in [4.69, 9.17) is 26.2 Å². The number of carboxylic acids is 2. The van der Waals surface area contributed by atoms with Crippen LogP contribution in [0, 0.1) is 0 Å². The molecular weight excluding hydrogens is 468 g/mol. The Morgan fingerprint density at radius 2 is 1.47 bits per heavy atom. The minimum Gasteiger partial charge on any atom is -0.479 e. The van der Waals surface area contributed by atoms with Crippen molar-refractivity contribution in [2.45, 2.75) is 18.8 Å². The number of amides is 1. The van der Waals surface area contributed by atoms with Gasteiger partial charge in [-0.05, 0) is 41.9 Å². The van der Waals surface area contributed by atoms with Crippen LogP contribution in [0.15, 0.2) is 48.5 Å². The Bertz CT molecular complexity index is 1010. The van der Waals surface area contributed by atoms with Crippen molar-refractivity contribution in [3.63, 3.8) is 0 Å². The summed E-state index contributed by atoms with van der Waals surface area (Å²) in [4.78, 5) is 37.7. The Labute approximate surface area is 210 Å². The van der Waals surface area contributed by atoms with Crippen LogP contribution < -0.4 is 10.6 Å². The minimum absolute atomic E-state index is 0.0456. The summed E-state index contributed by atoms with van der Waals surface area (Å²) in [5.74, 6) is -3.59. The van der Waals surface area contributed by atoms with Gasteiger partial charge >= 0.3 is 11.9 Å². The molecule has 2 aromatic carbocycles. The number of likely N-dealkylation sites (N-methyl/N-ethyl adjacent to an activating group) is 2. The lowest BCUT2D eigenvalue weighted by molar-refractivity contribution is -0.165. The zero-order valence-electron chi connectivity index (χ0n) is 20.4. The van der Waals surface area contributed by atoms with Gasteiger partial charge in [-0.2, -0.15) is 0 Å². The van der Waals surface area contributed by atoms with Gasteiger partial charge in [0, 0.05) is 45.5 Å². The lowest BCUT2D eigenvalue weighted by atomic mass is 10.0. The third-order valence-corrected chi connectivity index (χ3v) is 5.82. The first kappa shape index (κ1) is 28.7. The highest BCUT2D eigenvalue weighted by Crippen LogP contribution is 2.25. The van der Waals surface area contributed by atoms with Crippen molar-refractivity contribution in [2.75, 3.05) is 51.7 Å². The van der Waals surface area contributed by atoms with E-state index in [1.165, 1.54) is 16.8 Å². The van der Waals surface area contributed by atoms with Crippen molar-refractivity contribution in [3.8, 4) is 11.1 Å². The van der Waals surface area contributed by atoms with E-state index in [9.17, 15) is 14.4 Å². The van der Waals surface area contributed by atoms with Gasteiger partial charge in [-0.15, -0.1) is 0 Å². The summed E-state index contributed by atoms with van der Waals surface area (Å²) in [6, 6.07) is 17.1. The van der Waals surface area contributed by atoms with Crippen molar-refractivity contribution in [2.24, 2.45) is 5.73 Å².